The van der Waals surface area contributed by atoms with Crippen molar-refractivity contribution < 1.29 is 9.53 Å². The van der Waals surface area contributed by atoms with E-state index in [0.29, 0.717) is 12.5 Å². The normalized spacial score (nSPS) is 12.9. The first-order valence-electron chi connectivity index (χ1n) is 12.8. The van der Waals surface area contributed by atoms with E-state index in [2.05, 4.69) is 34.6 Å². The second-order valence-electron chi connectivity index (χ2n) is 8.89. The summed E-state index contributed by atoms with van der Waals surface area (Å²) in [6, 6.07) is 0. The van der Waals surface area contributed by atoms with E-state index in [-0.39, 0.29) is 11.4 Å². The third-order valence-electron chi connectivity index (χ3n) is 6.43. The molecule has 1 unspecified atom stereocenters. The van der Waals surface area contributed by atoms with Crippen LogP contribution in [0.5, 0.6) is 0 Å². The highest BCUT2D eigenvalue weighted by molar-refractivity contribution is 5.77. The molecule has 0 aromatic carbocycles. The molecule has 0 bridgehead atoms. The fourth-order valence-electron chi connectivity index (χ4n) is 4.48. The Kier molecular flexibility index (Phi) is 18.1. The van der Waals surface area contributed by atoms with E-state index in [0.717, 1.165) is 51.4 Å². The summed E-state index contributed by atoms with van der Waals surface area (Å²) in [6.07, 6.45) is 20.2. The third-order valence-corrected chi connectivity index (χ3v) is 6.43. The summed E-state index contributed by atoms with van der Waals surface area (Å²) >= 11 is 0. The van der Waals surface area contributed by atoms with Gasteiger partial charge >= 0.3 is 5.97 Å². The van der Waals surface area contributed by atoms with Crippen LogP contribution in [0.2, 0.25) is 0 Å². The van der Waals surface area contributed by atoms with Crippen molar-refractivity contribution in [3.05, 3.63) is 0 Å². The number of ether oxygens (including phenoxy) is 1. The van der Waals surface area contributed by atoms with Gasteiger partial charge in [0.15, 0.2) is 0 Å². The molecule has 0 saturated heterocycles. The van der Waals surface area contributed by atoms with E-state index < -0.39 is 0 Å². The molecule has 168 valence electrons. The highest BCUT2D eigenvalue weighted by atomic mass is 16.5. The monoisotopic (exact) mass is 396 g/mol. The van der Waals surface area contributed by atoms with Gasteiger partial charge in [-0.05, 0) is 38.0 Å². The summed E-state index contributed by atoms with van der Waals surface area (Å²) in [5.74, 6) is 0.638. The second kappa shape index (κ2) is 18.5. The lowest BCUT2D eigenvalue weighted by molar-refractivity contribution is -0.162. The molecular weight excluding hydrogens is 344 g/mol. The van der Waals surface area contributed by atoms with Crippen molar-refractivity contribution in [2.75, 3.05) is 6.61 Å². The van der Waals surface area contributed by atoms with Gasteiger partial charge in [0.05, 0.1) is 12.0 Å². The summed E-state index contributed by atoms with van der Waals surface area (Å²) in [6.45, 7) is 11.8. The SMILES string of the molecule is CCCCCCCC(CCCC)C(CCCC)(CCCC)C(=O)OCCCC. The van der Waals surface area contributed by atoms with Crippen molar-refractivity contribution in [2.24, 2.45) is 11.3 Å². The molecule has 0 aliphatic carbocycles. The lowest BCUT2D eigenvalue weighted by atomic mass is 9.65. The van der Waals surface area contributed by atoms with Crippen molar-refractivity contribution in [3.63, 3.8) is 0 Å². The maximum Gasteiger partial charge on any atom is 0.312 e. The summed E-state index contributed by atoms with van der Waals surface area (Å²) in [4.78, 5) is 13.5. The quantitative estimate of drug-likeness (QED) is 0.152. The summed E-state index contributed by atoms with van der Waals surface area (Å²) < 4.78 is 5.91. The molecule has 2 heteroatoms. The van der Waals surface area contributed by atoms with Crippen LogP contribution in [0.1, 0.15) is 144 Å². The van der Waals surface area contributed by atoms with E-state index in [1.807, 2.05) is 0 Å². The number of hydrogen-bond acceptors (Lipinski definition) is 2. The molecule has 0 heterocycles. The second-order valence-corrected chi connectivity index (χ2v) is 8.89. The summed E-state index contributed by atoms with van der Waals surface area (Å²) in [7, 11) is 0. The van der Waals surface area contributed by atoms with Crippen LogP contribution in [0, 0.1) is 11.3 Å². The van der Waals surface area contributed by atoms with Crippen molar-refractivity contribution in [1.82, 2.24) is 0 Å². The predicted molar refractivity (Wildman–Crippen MR) is 124 cm³/mol. The standard InChI is InChI=1S/C26H52O2/c1-6-11-16-17-18-20-24(19-12-7-2)26(21-13-8-3,22-14-9-4)25(27)28-23-15-10-5/h24H,6-23H2,1-5H3. The van der Waals surface area contributed by atoms with Crippen LogP contribution in [0.25, 0.3) is 0 Å². The van der Waals surface area contributed by atoms with E-state index in [9.17, 15) is 4.79 Å². The third kappa shape index (κ3) is 10.9. The Balaban J connectivity index is 5.42. The highest BCUT2D eigenvalue weighted by Crippen LogP contribution is 2.45. The minimum Gasteiger partial charge on any atom is -0.465 e. The van der Waals surface area contributed by atoms with Gasteiger partial charge in [-0.15, -0.1) is 0 Å². The van der Waals surface area contributed by atoms with Gasteiger partial charge in [-0.2, -0.15) is 0 Å². The molecule has 0 fully saturated rings. The lowest BCUT2D eigenvalue weighted by Gasteiger charge is -2.39. The number of unbranched alkanes of at least 4 members (excludes halogenated alkanes) is 8. The van der Waals surface area contributed by atoms with Gasteiger partial charge in [0.1, 0.15) is 0 Å². The van der Waals surface area contributed by atoms with Gasteiger partial charge in [0.2, 0.25) is 0 Å². The van der Waals surface area contributed by atoms with Gasteiger partial charge in [-0.25, -0.2) is 0 Å². The summed E-state index contributed by atoms with van der Waals surface area (Å²) in [5.41, 5.74) is -0.236. The van der Waals surface area contributed by atoms with Gasteiger partial charge < -0.3 is 4.74 Å². The molecule has 0 N–H and O–H groups in total. The minimum absolute atomic E-state index is 0.137. The zero-order chi connectivity index (χ0) is 21.1. The van der Waals surface area contributed by atoms with Crippen LogP contribution in [0.4, 0.5) is 0 Å². The fraction of sp³-hybridized carbons (Fsp3) is 0.962. The number of carbonyl (C=O) groups is 1. The zero-order valence-corrected chi connectivity index (χ0v) is 20.1. The Morgan fingerprint density at radius 1 is 0.643 bits per heavy atom. The van der Waals surface area contributed by atoms with Crippen LogP contribution in [-0.2, 0) is 9.53 Å². The molecule has 0 aromatic rings. The van der Waals surface area contributed by atoms with Gasteiger partial charge in [0, 0.05) is 0 Å². The Morgan fingerprint density at radius 2 is 1.14 bits per heavy atom. The van der Waals surface area contributed by atoms with E-state index in [4.69, 9.17) is 4.74 Å². The van der Waals surface area contributed by atoms with Crippen LogP contribution in [0.3, 0.4) is 0 Å². The number of hydrogen-bond donors (Lipinski definition) is 0. The van der Waals surface area contributed by atoms with Gasteiger partial charge in [-0.3, -0.25) is 4.79 Å². The van der Waals surface area contributed by atoms with E-state index in [1.54, 1.807) is 0 Å². The largest absolute Gasteiger partial charge is 0.465 e. The molecule has 0 rings (SSSR count). The number of carbonyl (C=O) groups excluding carboxylic acids is 1. The average Bonchev–Trinajstić information content (AvgIpc) is 2.71. The molecule has 0 aliphatic heterocycles. The maximum atomic E-state index is 13.5. The van der Waals surface area contributed by atoms with Crippen LogP contribution in [0.15, 0.2) is 0 Å². The number of rotatable bonds is 20. The first-order valence-corrected chi connectivity index (χ1v) is 12.8. The molecule has 1 atom stereocenters. The molecule has 28 heavy (non-hydrogen) atoms. The molecule has 0 amide bonds. The molecule has 2 nitrogen and oxygen atoms in total. The lowest BCUT2D eigenvalue weighted by Crippen LogP contribution is -2.41. The van der Waals surface area contributed by atoms with Crippen molar-refractivity contribution >= 4 is 5.97 Å². The average molecular weight is 397 g/mol. The van der Waals surface area contributed by atoms with Crippen molar-refractivity contribution in [2.45, 2.75) is 144 Å². The Hall–Kier alpha value is -0.530. The predicted octanol–water partition coefficient (Wildman–Crippen LogP) is 8.86. The highest BCUT2D eigenvalue weighted by Gasteiger charge is 2.44. The first kappa shape index (κ1) is 27.5. The molecule has 0 spiro atoms. The van der Waals surface area contributed by atoms with E-state index in [1.165, 1.54) is 57.8 Å². The first-order chi connectivity index (χ1) is 13.6. The van der Waals surface area contributed by atoms with Crippen LogP contribution < -0.4 is 0 Å². The van der Waals surface area contributed by atoms with Crippen LogP contribution in [-0.4, -0.2) is 12.6 Å². The van der Waals surface area contributed by atoms with Crippen molar-refractivity contribution in [3.8, 4) is 0 Å². The smallest absolute Gasteiger partial charge is 0.312 e. The molecule has 0 aliphatic rings. The molecule has 0 radical (unpaired) electrons. The topological polar surface area (TPSA) is 26.3 Å². The summed E-state index contributed by atoms with van der Waals surface area (Å²) in [5, 5.41) is 0. The Morgan fingerprint density at radius 3 is 1.68 bits per heavy atom. The van der Waals surface area contributed by atoms with E-state index >= 15 is 0 Å². The molecule has 0 saturated carbocycles. The Bertz CT molecular complexity index is 342. The zero-order valence-electron chi connectivity index (χ0n) is 20.1. The fourth-order valence-corrected chi connectivity index (χ4v) is 4.48. The maximum absolute atomic E-state index is 13.5. The Labute approximate surface area is 177 Å². The molecular formula is C26H52O2. The molecule has 0 aromatic heterocycles. The van der Waals surface area contributed by atoms with Gasteiger partial charge in [0.25, 0.3) is 0 Å². The van der Waals surface area contributed by atoms with Crippen LogP contribution >= 0.6 is 0 Å². The number of esters is 1. The van der Waals surface area contributed by atoms with Gasteiger partial charge in [-0.1, -0.05) is 112 Å². The van der Waals surface area contributed by atoms with Crippen molar-refractivity contribution in [1.29, 1.82) is 0 Å². The minimum atomic E-state index is -0.236.